The van der Waals surface area contributed by atoms with Gasteiger partial charge >= 0.3 is 0 Å². The molecule has 7 nitrogen and oxygen atoms in total. The van der Waals surface area contributed by atoms with Crippen LogP contribution in [0, 0.1) is 11.7 Å². The van der Waals surface area contributed by atoms with Gasteiger partial charge in [0.05, 0.1) is 22.1 Å². The van der Waals surface area contributed by atoms with E-state index in [0.717, 1.165) is 0 Å². The number of nitrogens with one attached hydrogen (secondary N) is 1. The molecule has 194 valence electrons. The zero-order chi connectivity index (χ0) is 26.4. The highest BCUT2D eigenvalue weighted by molar-refractivity contribution is 7.89. The van der Waals surface area contributed by atoms with Crippen LogP contribution in [0.1, 0.15) is 24.0 Å². The van der Waals surface area contributed by atoms with Crippen molar-refractivity contribution in [3.8, 4) is 5.75 Å². The van der Waals surface area contributed by atoms with E-state index in [4.69, 9.17) is 27.9 Å². The molecule has 0 saturated carbocycles. The summed E-state index contributed by atoms with van der Waals surface area (Å²) < 4.78 is 46.7. The maximum absolute atomic E-state index is 13.9. The third kappa shape index (κ3) is 6.87. The SMILES string of the molecule is O=C(N/N=C\c1ccc(OCc2c(F)cccc2Cl)cc1)[C@H]1CCCN(S(=O)(=O)c2ccc(Cl)cc2)C1. The van der Waals surface area contributed by atoms with Crippen LogP contribution >= 0.6 is 23.2 Å². The molecule has 1 fully saturated rings. The Kier molecular flexibility index (Phi) is 8.81. The van der Waals surface area contributed by atoms with Gasteiger partial charge in [0.1, 0.15) is 18.2 Å². The molecule has 0 bridgehead atoms. The normalized spacial score (nSPS) is 16.6. The first-order chi connectivity index (χ1) is 17.7. The zero-order valence-corrected chi connectivity index (χ0v) is 21.9. The molecule has 1 saturated heterocycles. The Bertz CT molecular complexity index is 1360. The summed E-state index contributed by atoms with van der Waals surface area (Å²) >= 11 is 11.9. The number of halogens is 3. The molecule has 37 heavy (non-hydrogen) atoms. The van der Waals surface area contributed by atoms with Crippen molar-refractivity contribution in [3.05, 3.63) is 93.7 Å². The van der Waals surface area contributed by atoms with Gasteiger partial charge in [-0.25, -0.2) is 18.2 Å². The van der Waals surface area contributed by atoms with E-state index in [0.29, 0.717) is 40.7 Å². The third-order valence-electron chi connectivity index (χ3n) is 5.92. The fraction of sp³-hybridized carbons (Fsp3) is 0.231. The number of hydrogen-bond donors (Lipinski definition) is 1. The number of sulfonamides is 1. The van der Waals surface area contributed by atoms with Crippen LogP contribution < -0.4 is 10.2 Å². The Labute approximate surface area is 224 Å². The van der Waals surface area contributed by atoms with E-state index in [1.54, 1.807) is 30.3 Å². The lowest BCUT2D eigenvalue weighted by molar-refractivity contribution is -0.126. The van der Waals surface area contributed by atoms with E-state index in [2.05, 4.69) is 10.5 Å². The summed E-state index contributed by atoms with van der Waals surface area (Å²) in [5.74, 6) is -0.789. The number of benzene rings is 3. The van der Waals surface area contributed by atoms with E-state index in [1.165, 1.54) is 46.9 Å². The number of nitrogens with zero attached hydrogens (tertiary/aromatic N) is 2. The summed E-state index contributed by atoms with van der Waals surface area (Å²) in [7, 11) is -3.72. The number of carbonyl (C=O) groups is 1. The average molecular weight is 564 g/mol. The summed E-state index contributed by atoms with van der Waals surface area (Å²) in [6.45, 7) is 0.404. The maximum atomic E-state index is 13.9. The molecule has 0 radical (unpaired) electrons. The lowest BCUT2D eigenvalue weighted by Crippen LogP contribution is -2.44. The Morgan fingerprint density at radius 3 is 2.54 bits per heavy atom. The van der Waals surface area contributed by atoms with Gasteiger partial charge in [-0.2, -0.15) is 9.41 Å². The number of piperidine rings is 1. The second-order valence-corrected chi connectivity index (χ2v) is 11.2. The molecule has 0 spiro atoms. The number of ether oxygens (including phenoxy) is 1. The van der Waals surface area contributed by atoms with E-state index in [9.17, 15) is 17.6 Å². The quantitative estimate of drug-likeness (QED) is 0.299. The number of hydrogen-bond acceptors (Lipinski definition) is 5. The van der Waals surface area contributed by atoms with E-state index < -0.39 is 21.8 Å². The monoisotopic (exact) mass is 563 g/mol. The van der Waals surface area contributed by atoms with Crippen molar-refractivity contribution in [2.75, 3.05) is 13.1 Å². The van der Waals surface area contributed by atoms with Crippen molar-refractivity contribution in [2.45, 2.75) is 24.3 Å². The first kappa shape index (κ1) is 27.1. The smallest absolute Gasteiger partial charge is 0.244 e. The number of amides is 1. The summed E-state index contributed by atoms with van der Waals surface area (Å²) in [5.41, 5.74) is 3.48. The molecule has 1 N–H and O–H groups in total. The van der Waals surface area contributed by atoms with Gasteiger partial charge in [0, 0.05) is 23.7 Å². The lowest BCUT2D eigenvalue weighted by atomic mass is 9.99. The van der Waals surface area contributed by atoms with Crippen molar-refractivity contribution in [1.82, 2.24) is 9.73 Å². The Morgan fingerprint density at radius 1 is 1.11 bits per heavy atom. The second-order valence-electron chi connectivity index (χ2n) is 8.45. The molecule has 0 unspecified atom stereocenters. The van der Waals surface area contributed by atoms with Crippen LogP contribution in [0.5, 0.6) is 5.75 Å². The van der Waals surface area contributed by atoms with Gasteiger partial charge in [-0.1, -0.05) is 29.3 Å². The molecule has 3 aromatic carbocycles. The summed E-state index contributed by atoms with van der Waals surface area (Å²) in [5, 5.41) is 4.74. The van der Waals surface area contributed by atoms with Crippen LogP contribution in [-0.2, 0) is 21.4 Å². The minimum absolute atomic E-state index is 0.0128. The predicted molar refractivity (Wildman–Crippen MR) is 141 cm³/mol. The van der Waals surface area contributed by atoms with Gasteiger partial charge in [0.2, 0.25) is 15.9 Å². The lowest BCUT2D eigenvalue weighted by Gasteiger charge is -2.30. The fourth-order valence-electron chi connectivity index (χ4n) is 3.87. The molecule has 11 heteroatoms. The fourth-order valence-corrected chi connectivity index (χ4v) is 5.74. The van der Waals surface area contributed by atoms with Crippen molar-refractivity contribution >= 4 is 45.3 Å². The largest absolute Gasteiger partial charge is 0.489 e. The van der Waals surface area contributed by atoms with Crippen LogP contribution in [0.25, 0.3) is 0 Å². The molecule has 1 aliphatic rings. The highest BCUT2D eigenvalue weighted by Gasteiger charge is 2.33. The zero-order valence-electron chi connectivity index (χ0n) is 19.6. The van der Waals surface area contributed by atoms with Crippen LogP contribution in [0.3, 0.4) is 0 Å². The van der Waals surface area contributed by atoms with E-state index >= 15 is 0 Å². The molecule has 1 aliphatic heterocycles. The van der Waals surface area contributed by atoms with Crippen LogP contribution in [0.15, 0.2) is 76.7 Å². The van der Waals surface area contributed by atoms with Crippen molar-refractivity contribution in [3.63, 3.8) is 0 Å². The minimum atomic E-state index is -3.72. The van der Waals surface area contributed by atoms with Gasteiger partial charge in [-0.05, 0) is 79.1 Å². The van der Waals surface area contributed by atoms with Crippen LogP contribution in [0.2, 0.25) is 10.0 Å². The molecule has 1 heterocycles. The topological polar surface area (TPSA) is 88.1 Å². The Balaban J connectivity index is 1.30. The summed E-state index contributed by atoms with van der Waals surface area (Å²) in [6.07, 6.45) is 2.60. The van der Waals surface area contributed by atoms with E-state index in [-0.39, 0.29) is 29.5 Å². The standard InChI is InChI=1S/C26H24Cl2FN3O4S/c27-20-8-12-22(13-9-20)37(34,35)32-14-2-3-19(16-32)26(33)31-30-15-18-6-10-21(11-7-18)36-17-23-24(28)4-1-5-25(23)29/h1,4-13,15,19H,2-3,14,16-17H2,(H,31,33)/b30-15-/t19-/m0/s1. The highest BCUT2D eigenvalue weighted by atomic mass is 35.5. The number of carbonyl (C=O) groups excluding carboxylic acids is 1. The highest BCUT2D eigenvalue weighted by Crippen LogP contribution is 2.25. The molecule has 0 aromatic heterocycles. The van der Waals surface area contributed by atoms with Gasteiger partial charge in [-0.15, -0.1) is 0 Å². The predicted octanol–water partition coefficient (Wildman–Crippen LogP) is 5.26. The molecule has 3 aromatic rings. The average Bonchev–Trinajstić information content (AvgIpc) is 2.89. The van der Waals surface area contributed by atoms with Crippen LogP contribution in [-0.4, -0.2) is 37.9 Å². The van der Waals surface area contributed by atoms with Gasteiger partial charge in [0.25, 0.3) is 0 Å². The molecular weight excluding hydrogens is 540 g/mol. The molecule has 1 amide bonds. The molecular formula is C26H24Cl2FN3O4S. The van der Waals surface area contributed by atoms with Crippen molar-refractivity contribution < 1.29 is 22.3 Å². The summed E-state index contributed by atoms with van der Waals surface area (Å²) in [6, 6.07) is 17.3. The number of hydrazone groups is 1. The second kappa shape index (κ2) is 12.0. The number of rotatable bonds is 8. The van der Waals surface area contributed by atoms with Crippen molar-refractivity contribution in [2.24, 2.45) is 11.0 Å². The first-order valence-electron chi connectivity index (χ1n) is 11.5. The Morgan fingerprint density at radius 2 is 1.84 bits per heavy atom. The van der Waals surface area contributed by atoms with Gasteiger partial charge in [-0.3, -0.25) is 4.79 Å². The molecule has 1 atom stereocenters. The maximum Gasteiger partial charge on any atom is 0.244 e. The van der Waals surface area contributed by atoms with Crippen molar-refractivity contribution in [1.29, 1.82) is 0 Å². The molecule has 4 rings (SSSR count). The van der Waals surface area contributed by atoms with E-state index in [1.807, 2.05) is 0 Å². The van der Waals surface area contributed by atoms with Gasteiger partial charge in [0.15, 0.2) is 0 Å². The Hall–Kier alpha value is -2.98. The third-order valence-corrected chi connectivity index (χ3v) is 8.41. The summed E-state index contributed by atoms with van der Waals surface area (Å²) in [4.78, 5) is 12.8. The van der Waals surface area contributed by atoms with Gasteiger partial charge < -0.3 is 4.74 Å². The first-order valence-corrected chi connectivity index (χ1v) is 13.7. The minimum Gasteiger partial charge on any atom is -0.489 e. The molecule has 0 aliphatic carbocycles. The van der Waals surface area contributed by atoms with Crippen LogP contribution in [0.4, 0.5) is 4.39 Å².